The second-order valence-electron chi connectivity index (χ2n) is 7.04. The molecule has 3 aromatic rings. The molecule has 0 spiro atoms. The summed E-state index contributed by atoms with van der Waals surface area (Å²) in [6.07, 6.45) is 4.64. The Kier molecular flexibility index (Phi) is 4.20. The molecule has 0 radical (unpaired) electrons. The van der Waals surface area contributed by atoms with Gasteiger partial charge in [0, 0.05) is 55.4 Å². The molecule has 1 aliphatic rings. The van der Waals surface area contributed by atoms with Crippen molar-refractivity contribution in [3.05, 3.63) is 64.4 Å². The third kappa shape index (κ3) is 2.97. The van der Waals surface area contributed by atoms with Crippen molar-refractivity contribution >= 4 is 5.95 Å². The Hall–Kier alpha value is -2.73. The first-order valence-electron chi connectivity index (χ1n) is 8.95. The molecule has 0 aromatic carbocycles. The van der Waals surface area contributed by atoms with Gasteiger partial charge >= 0.3 is 0 Å². The lowest BCUT2D eigenvalue weighted by molar-refractivity contribution is 0.242. The molecule has 4 heterocycles. The van der Waals surface area contributed by atoms with Gasteiger partial charge in [-0.25, -0.2) is 15.0 Å². The van der Waals surface area contributed by atoms with E-state index in [9.17, 15) is 0 Å². The maximum Gasteiger partial charge on any atom is 0.220 e. The van der Waals surface area contributed by atoms with Crippen LogP contribution in [-0.2, 0) is 19.5 Å². The van der Waals surface area contributed by atoms with Crippen LogP contribution in [0.5, 0.6) is 0 Å². The SMILES string of the molecule is Cc1cccnc1-n1c(C)cc(CN2CCc3nc(N)ncc3C2)c1C. The second kappa shape index (κ2) is 6.53. The first-order chi connectivity index (χ1) is 12.5. The first kappa shape index (κ1) is 16.7. The van der Waals surface area contributed by atoms with Gasteiger partial charge in [0.2, 0.25) is 5.95 Å². The Morgan fingerprint density at radius 1 is 1.19 bits per heavy atom. The van der Waals surface area contributed by atoms with E-state index in [1.54, 1.807) is 0 Å². The summed E-state index contributed by atoms with van der Waals surface area (Å²) < 4.78 is 2.26. The highest BCUT2D eigenvalue weighted by molar-refractivity contribution is 5.41. The summed E-state index contributed by atoms with van der Waals surface area (Å²) in [5.74, 6) is 1.38. The van der Waals surface area contributed by atoms with E-state index in [0.29, 0.717) is 5.95 Å². The molecule has 26 heavy (non-hydrogen) atoms. The molecule has 4 rings (SSSR count). The van der Waals surface area contributed by atoms with E-state index < -0.39 is 0 Å². The normalized spacial score (nSPS) is 14.4. The molecule has 0 bridgehead atoms. The predicted octanol–water partition coefficient (Wildman–Crippen LogP) is 2.73. The van der Waals surface area contributed by atoms with Crippen LogP contribution in [0.1, 0.15) is 33.8 Å². The zero-order valence-electron chi connectivity index (χ0n) is 15.5. The maximum absolute atomic E-state index is 5.70. The summed E-state index contributed by atoms with van der Waals surface area (Å²) in [6, 6.07) is 6.36. The van der Waals surface area contributed by atoms with Gasteiger partial charge in [-0.1, -0.05) is 6.07 Å². The van der Waals surface area contributed by atoms with Gasteiger partial charge in [0.25, 0.3) is 0 Å². The zero-order valence-corrected chi connectivity index (χ0v) is 15.5. The molecular weight excluding hydrogens is 324 g/mol. The Bertz CT molecular complexity index is 959. The van der Waals surface area contributed by atoms with Gasteiger partial charge in [0.05, 0.1) is 5.69 Å². The van der Waals surface area contributed by atoms with Crippen molar-refractivity contribution in [2.45, 2.75) is 40.3 Å². The number of fused-ring (bicyclic) bond motifs is 1. The van der Waals surface area contributed by atoms with Gasteiger partial charge in [-0.15, -0.1) is 0 Å². The molecule has 0 fully saturated rings. The van der Waals surface area contributed by atoms with Crippen molar-refractivity contribution in [2.24, 2.45) is 0 Å². The van der Waals surface area contributed by atoms with Gasteiger partial charge in [-0.2, -0.15) is 0 Å². The fourth-order valence-electron chi connectivity index (χ4n) is 3.79. The molecule has 0 amide bonds. The van der Waals surface area contributed by atoms with Crippen LogP contribution in [0.15, 0.2) is 30.6 Å². The highest BCUT2D eigenvalue weighted by Crippen LogP contribution is 2.25. The lowest BCUT2D eigenvalue weighted by Gasteiger charge is -2.27. The van der Waals surface area contributed by atoms with Crippen molar-refractivity contribution in [2.75, 3.05) is 12.3 Å². The molecule has 3 aromatic heterocycles. The van der Waals surface area contributed by atoms with Crippen LogP contribution in [-0.4, -0.2) is 31.0 Å². The lowest BCUT2D eigenvalue weighted by Crippen LogP contribution is -2.31. The van der Waals surface area contributed by atoms with Crippen LogP contribution in [0, 0.1) is 20.8 Å². The largest absolute Gasteiger partial charge is 0.368 e. The van der Waals surface area contributed by atoms with Gasteiger partial charge in [-0.05, 0) is 44.0 Å². The maximum atomic E-state index is 5.70. The predicted molar refractivity (Wildman–Crippen MR) is 102 cm³/mol. The highest BCUT2D eigenvalue weighted by atomic mass is 15.1. The standard InChI is InChI=1S/C20H24N6/c1-13-5-4-7-22-19(13)26-14(2)9-16(15(26)3)11-25-8-6-18-17(12-25)10-23-20(21)24-18/h4-5,7,9-10H,6,8,11-12H2,1-3H3,(H2,21,23,24). The van der Waals surface area contributed by atoms with Crippen LogP contribution in [0.3, 0.4) is 0 Å². The van der Waals surface area contributed by atoms with Crippen molar-refractivity contribution in [3.63, 3.8) is 0 Å². The van der Waals surface area contributed by atoms with E-state index in [0.717, 1.165) is 37.6 Å². The van der Waals surface area contributed by atoms with E-state index in [1.165, 1.54) is 28.1 Å². The second-order valence-corrected chi connectivity index (χ2v) is 7.04. The van der Waals surface area contributed by atoms with Crippen LogP contribution < -0.4 is 5.73 Å². The summed E-state index contributed by atoms with van der Waals surface area (Å²) in [4.78, 5) is 15.5. The van der Waals surface area contributed by atoms with Crippen molar-refractivity contribution in [1.29, 1.82) is 0 Å². The number of rotatable bonds is 3. The third-order valence-corrected chi connectivity index (χ3v) is 5.16. The zero-order chi connectivity index (χ0) is 18.3. The molecule has 134 valence electrons. The number of hydrogen-bond donors (Lipinski definition) is 1. The van der Waals surface area contributed by atoms with Gasteiger partial charge in [0.15, 0.2) is 0 Å². The number of pyridine rings is 1. The average Bonchev–Trinajstić information content (AvgIpc) is 2.89. The summed E-state index contributed by atoms with van der Waals surface area (Å²) >= 11 is 0. The minimum absolute atomic E-state index is 0.367. The van der Waals surface area contributed by atoms with Gasteiger partial charge in [-0.3, -0.25) is 4.90 Å². The van der Waals surface area contributed by atoms with E-state index in [-0.39, 0.29) is 0 Å². The number of aryl methyl sites for hydroxylation is 2. The average molecular weight is 348 g/mol. The summed E-state index contributed by atoms with van der Waals surface area (Å²) in [5.41, 5.74) is 13.0. The van der Waals surface area contributed by atoms with Crippen LogP contribution >= 0.6 is 0 Å². The molecule has 0 atom stereocenters. The van der Waals surface area contributed by atoms with Crippen LogP contribution in [0.4, 0.5) is 5.95 Å². The fourth-order valence-corrected chi connectivity index (χ4v) is 3.79. The van der Waals surface area contributed by atoms with E-state index in [2.05, 4.69) is 57.3 Å². The number of aromatic nitrogens is 4. The van der Waals surface area contributed by atoms with E-state index >= 15 is 0 Å². The Morgan fingerprint density at radius 2 is 2.04 bits per heavy atom. The van der Waals surface area contributed by atoms with E-state index in [4.69, 9.17) is 5.73 Å². The van der Waals surface area contributed by atoms with Crippen LogP contribution in [0.2, 0.25) is 0 Å². The monoisotopic (exact) mass is 348 g/mol. The first-order valence-corrected chi connectivity index (χ1v) is 8.95. The topological polar surface area (TPSA) is 72.9 Å². The third-order valence-electron chi connectivity index (χ3n) is 5.16. The van der Waals surface area contributed by atoms with Crippen molar-refractivity contribution in [1.82, 2.24) is 24.4 Å². The summed E-state index contributed by atoms with van der Waals surface area (Å²) in [6.45, 7) is 9.19. The van der Waals surface area contributed by atoms with Crippen molar-refractivity contribution < 1.29 is 0 Å². The number of nitrogens with zero attached hydrogens (tertiary/aromatic N) is 5. The van der Waals surface area contributed by atoms with Gasteiger partial charge in [0.1, 0.15) is 5.82 Å². The van der Waals surface area contributed by atoms with Crippen LogP contribution in [0.25, 0.3) is 5.82 Å². The minimum atomic E-state index is 0.367. The smallest absolute Gasteiger partial charge is 0.220 e. The highest BCUT2D eigenvalue weighted by Gasteiger charge is 2.20. The van der Waals surface area contributed by atoms with E-state index in [1.807, 2.05) is 18.5 Å². The fraction of sp³-hybridized carbons (Fsp3) is 0.350. The summed E-state index contributed by atoms with van der Waals surface area (Å²) in [5, 5.41) is 0. The molecule has 2 N–H and O–H groups in total. The molecule has 0 saturated carbocycles. The number of hydrogen-bond acceptors (Lipinski definition) is 5. The lowest BCUT2D eigenvalue weighted by atomic mass is 10.1. The molecule has 1 aliphatic heterocycles. The summed E-state index contributed by atoms with van der Waals surface area (Å²) in [7, 11) is 0. The molecule has 6 nitrogen and oxygen atoms in total. The van der Waals surface area contributed by atoms with Crippen molar-refractivity contribution in [3.8, 4) is 5.82 Å². The number of nitrogens with two attached hydrogens (primary N) is 1. The Labute approximate surface area is 153 Å². The number of nitrogen functional groups attached to an aromatic ring is 1. The Balaban J connectivity index is 1.59. The quantitative estimate of drug-likeness (QED) is 0.788. The number of anilines is 1. The molecule has 0 unspecified atom stereocenters. The molecule has 0 aliphatic carbocycles. The molecule has 6 heteroatoms. The van der Waals surface area contributed by atoms with Gasteiger partial charge < -0.3 is 10.3 Å². The minimum Gasteiger partial charge on any atom is -0.368 e. The molecule has 0 saturated heterocycles. The molecular formula is C20H24N6. The Morgan fingerprint density at radius 3 is 2.85 bits per heavy atom.